The lowest BCUT2D eigenvalue weighted by molar-refractivity contribution is 0.324. The third-order valence-electron chi connectivity index (χ3n) is 2.77. The van der Waals surface area contributed by atoms with Crippen LogP contribution < -0.4 is 0 Å². The van der Waals surface area contributed by atoms with Gasteiger partial charge in [-0.1, -0.05) is 40.5 Å². The predicted octanol–water partition coefficient (Wildman–Crippen LogP) is 3.35. The molecule has 2 atom stereocenters. The first-order valence-electron chi connectivity index (χ1n) is 5.28. The minimum Gasteiger partial charge on any atom is -0.420 e. The van der Waals surface area contributed by atoms with Crippen molar-refractivity contribution in [1.29, 1.82) is 0 Å². The number of rotatable bonds is 6. The Morgan fingerprint density at radius 3 is 1.67 bits per heavy atom. The Kier molecular flexibility index (Phi) is 6.77. The number of hydrogen-bond acceptors (Lipinski definition) is 1. The Balaban J connectivity index is 4.01. The first-order chi connectivity index (χ1) is 5.67. The van der Waals surface area contributed by atoms with Crippen molar-refractivity contribution in [1.82, 2.24) is 0 Å². The lowest BCUT2D eigenvalue weighted by atomic mass is 10.4. The van der Waals surface area contributed by atoms with Crippen LogP contribution in [0.5, 0.6) is 0 Å². The molecular formula is C10H24OSi. The van der Waals surface area contributed by atoms with Gasteiger partial charge in [-0.15, -0.1) is 0 Å². The largest absolute Gasteiger partial charge is 0.420 e. The Labute approximate surface area is 79.2 Å². The van der Waals surface area contributed by atoms with Crippen LogP contribution in [-0.4, -0.2) is 15.6 Å². The van der Waals surface area contributed by atoms with Gasteiger partial charge in [-0.05, 0) is 18.0 Å². The molecule has 0 rings (SSSR count). The minimum atomic E-state index is -0.922. The summed E-state index contributed by atoms with van der Waals surface area (Å²) >= 11 is 0. The molecule has 0 radical (unpaired) electrons. The zero-order chi connectivity index (χ0) is 9.56. The summed E-state index contributed by atoms with van der Waals surface area (Å²) in [6.45, 7) is 12.3. The zero-order valence-electron chi connectivity index (χ0n) is 9.26. The second-order valence-corrected chi connectivity index (χ2v) is 7.23. The van der Waals surface area contributed by atoms with E-state index < -0.39 is 9.04 Å². The van der Waals surface area contributed by atoms with Crippen molar-refractivity contribution in [3.8, 4) is 0 Å². The molecule has 0 fully saturated rings. The molecule has 0 aromatic rings. The smallest absolute Gasteiger partial charge is 0.182 e. The molecule has 0 aromatic carbocycles. The molecule has 0 aliphatic carbocycles. The Bertz CT molecular complexity index is 96.0. The summed E-state index contributed by atoms with van der Waals surface area (Å²) in [5.41, 5.74) is 1.67. The zero-order valence-corrected chi connectivity index (χ0v) is 10.4. The van der Waals surface area contributed by atoms with E-state index >= 15 is 0 Å². The van der Waals surface area contributed by atoms with Crippen LogP contribution in [0.1, 0.15) is 47.5 Å². The highest BCUT2D eigenvalue weighted by Crippen LogP contribution is 2.26. The third kappa shape index (κ3) is 3.72. The molecule has 0 aliphatic heterocycles. The lowest BCUT2D eigenvalue weighted by Crippen LogP contribution is -2.27. The van der Waals surface area contributed by atoms with Gasteiger partial charge < -0.3 is 4.43 Å². The molecular weight excluding hydrogens is 164 g/mol. The first kappa shape index (κ1) is 12.2. The molecule has 0 saturated heterocycles. The standard InChI is InChI=1S/C10H24OSi/c1-6-9(4)12(11-8-3)10(5)7-2/h9-10,12H,6-8H2,1-5H3. The van der Waals surface area contributed by atoms with E-state index in [4.69, 9.17) is 4.43 Å². The van der Waals surface area contributed by atoms with Gasteiger partial charge in [0.2, 0.25) is 0 Å². The Morgan fingerprint density at radius 2 is 1.42 bits per heavy atom. The SMILES string of the molecule is CCO[SiH](C(C)CC)C(C)CC. The molecule has 0 heterocycles. The van der Waals surface area contributed by atoms with Gasteiger partial charge in [0.05, 0.1) is 0 Å². The van der Waals surface area contributed by atoms with Crippen LogP contribution in [0.4, 0.5) is 0 Å². The van der Waals surface area contributed by atoms with E-state index in [2.05, 4.69) is 34.6 Å². The first-order valence-corrected chi connectivity index (χ1v) is 7.09. The van der Waals surface area contributed by atoms with E-state index in [-0.39, 0.29) is 0 Å². The fourth-order valence-corrected chi connectivity index (χ4v) is 4.64. The van der Waals surface area contributed by atoms with Gasteiger partial charge in [-0.2, -0.15) is 0 Å². The van der Waals surface area contributed by atoms with Gasteiger partial charge in [-0.3, -0.25) is 0 Å². The maximum absolute atomic E-state index is 5.89. The predicted molar refractivity (Wildman–Crippen MR) is 58.2 cm³/mol. The van der Waals surface area contributed by atoms with Crippen LogP contribution in [0.25, 0.3) is 0 Å². The van der Waals surface area contributed by atoms with E-state index in [0.717, 1.165) is 17.7 Å². The highest BCUT2D eigenvalue weighted by Gasteiger charge is 2.23. The summed E-state index contributed by atoms with van der Waals surface area (Å²) in [6.07, 6.45) is 2.56. The van der Waals surface area contributed by atoms with Gasteiger partial charge in [0.25, 0.3) is 0 Å². The van der Waals surface area contributed by atoms with E-state index in [1.807, 2.05) is 0 Å². The van der Waals surface area contributed by atoms with E-state index in [1.165, 1.54) is 12.8 Å². The van der Waals surface area contributed by atoms with Crippen molar-refractivity contribution >= 4 is 9.04 Å². The van der Waals surface area contributed by atoms with Gasteiger partial charge in [0.15, 0.2) is 9.04 Å². The van der Waals surface area contributed by atoms with Gasteiger partial charge in [0.1, 0.15) is 0 Å². The molecule has 0 spiro atoms. The summed E-state index contributed by atoms with van der Waals surface area (Å²) in [6, 6.07) is 0. The molecule has 2 heteroatoms. The maximum Gasteiger partial charge on any atom is 0.182 e. The normalized spacial score (nSPS) is 18.8. The molecule has 74 valence electrons. The fourth-order valence-electron chi connectivity index (χ4n) is 1.55. The van der Waals surface area contributed by atoms with Crippen molar-refractivity contribution in [3.63, 3.8) is 0 Å². The van der Waals surface area contributed by atoms with Crippen molar-refractivity contribution in [3.05, 3.63) is 0 Å². The summed E-state index contributed by atoms with van der Waals surface area (Å²) in [5, 5.41) is 0. The number of hydrogen-bond donors (Lipinski definition) is 0. The molecule has 2 unspecified atom stereocenters. The second kappa shape index (κ2) is 6.67. The molecule has 1 nitrogen and oxygen atoms in total. The fraction of sp³-hybridized carbons (Fsp3) is 1.00. The van der Waals surface area contributed by atoms with Gasteiger partial charge in [-0.25, -0.2) is 0 Å². The van der Waals surface area contributed by atoms with Crippen molar-refractivity contribution in [2.45, 2.75) is 58.5 Å². The third-order valence-corrected chi connectivity index (χ3v) is 6.67. The maximum atomic E-state index is 5.89. The molecule has 0 bridgehead atoms. The van der Waals surface area contributed by atoms with E-state index in [9.17, 15) is 0 Å². The molecule has 0 aliphatic rings. The van der Waals surface area contributed by atoms with E-state index in [0.29, 0.717) is 0 Å². The van der Waals surface area contributed by atoms with Crippen LogP contribution in [-0.2, 0) is 4.43 Å². The molecule has 0 N–H and O–H groups in total. The van der Waals surface area contributed by atoms with Crippen LogP contribution in [0.15, 0.2) is 0 Å². The average molecular weight is 188 g/mol. The van der Waals surface area contributed by atoms with Crippen molar-refractivity contribution in [2.24, 2.45) is 0 Å². The molecule has 0 aromatic heterocycles. The summed E-state index contributed by atoms with van der Waals surface area (Å²) < 4.78 is 5.89. The summed E-state index contributed by atoms with van der Waals surface area (Å²) in [5.74, 6) is 0. The van der Waals surface area contributed by atoms with E-state index in [1.54, 1.807) is 0 Å². The van der Waals surface area contributed by atoms with Crippen LogP contribution in [0, 0.1) is 0 Å². The average Bonchev–Trinajstić information content (AvgIpc) is 2.11. The lowest BCUT2D eigenvalue weighted by Gasteiger charge is -2.26. The summed E-state index contributed by atoms with van der Waals surface area (Å²) in [7, 11) is -0.922. The quantitative estimate of drug-likeness (QED) is 0.581. The van der Waals surface area contributed by atoms with Crippen molar-refractivity contribution < 1.29 is 4.43 Å². The highest BCUT2D eigenvalue weighted by molar-refractivity contribution is 6.55. The topological polar surface area (TPSA) is 9.23 Å². The van der Waals surface area contributed by atoms with Crippen LogP contribution in [0.2, 0.25) is 11.1 Å². The van der Waals surface area contributed by atoms with Crippen LogP contribution in [0.3, 0.4) is 0 Å². The Hall–Kier alpha value is 0.177. The molecule has 0 amide bonds. The van der Waals surface area contributed by atoms with Crippen LogP contribution >= 0.6 is 0 Å². The van der Waals surface area contributed by atoms with Crippen molar-refractivity contribution in [2.75, 3.05) is 6.61 Å². The summed E-state index contributed by atoms with van der Waals surface area (Å²) in [4.78, 5) is 0. The molecule has 12 heavy (non-hydrogen) atoms. The van der Waals surface area contributed by atoms with Gasteiger partial charge >= 0.3 is 0 Å². The Morgan fingerprint density at radius 1 is 1.00 bits per heavy atom. The monoisotopic (exact) mass is 188 g/mol. The molecule has 0 saturated carbocycles. The minimum absolute atomic E-state index is 0.833. The highest BCUT2D eigenvalue weighted by atomic mass is 28.3. The second-order valence-electron chi connectivity index (χ2n) is 3.69. The van der Waals surface area contributed by atoms with Gasteiger partial charge in [0, 0.05) is 6.61 Å².